The van der Waals surface area contributed by atoms with Gasteiger partial charge in [-0.2, -0.15) is 0 Å². The highest BCUT2D eigenvalue weighted by Gasteiger charge is 2.43. The Balaban J connectivity index is 2.18. The van der Waals surface area contributed by atoms with Crippen molar-refractivity contribution in [1.82, 2.24) is 20.0 Å². The number of methoxy groups -OCH3 is 2. The van der Waals surface area contributed by atoms with Gasteiger partial charge in [-0.15, -0.1) is 0 Å². The number of unbranched alkanes of at least 4 members (excludes halogenated alkanes) is 1. The van der Waals surface area contributed by atoms with Crippen LogP contribution in [-0.2, 0) is 44.6 Å². The highest BCUT2D eigenvalue weighted by Crippen LogP contribution is 2.32. The quantitative estimate of drug-likeness (QED) is 0.0809. The topological polar surface area (TPSA) is 172 Å². The minimum Gasteiger partial charge on any atom is -0.481 e. The molecular formula is C50H84N4O10. The molecule has 1 aromatic carbocycles. The number of likely N-dealkylation sites (tertiary alicyclic amines) is 1. The average Bonchev–Trinajstić information content (AvgIpc) is 3.72. The molecule has 14 nitrogen and oxygen atoms in total. The maximum Gasteiger partial charge on any atom is 0.410 e. The van der Waals surface area contributed by atoms with Crippen molar-refractivity contribution in [2.24, 2.45) is 35.5 Å². The summed E-state index contributed by atoms with van der Waals surface area (Å²) in [6, 6.07) is 7.93. The van der Waals surface area contributed by atoms with Crippen LogP contribution in [0.1, 0.15) is 126 Å². The normalized spacial score (nSPS) is 18.1. The molecule has 9 atom stereocenters. The maximum atomic E-state index is 14.6. The Bertz CT molecular complexity index is 1630. The summed E-state index contributed by atoms with van der Waals surface area (Å²) in [7, 11) is 6.54. The summed E-state index contributed by atoms with van der Waals surface area (Å²) < 4.78 is 17.5. The lowest BCUT2D eigenvalue weighted by Gasteiger charge is -2.41. The zero-order valence-corrected chi connectivity index (χ0v) is 41.7. The molecule has 1 aromatic rings. The fourth-order valence-corrected chi connectivity index (χ4v) is 9.01. The van der Waals surface area contributed by atoms with Crippen LogP contribution in [0.25, 0.3) is 0 Å². The summed E-state index contributed by atoms with van der Waals surface area (Å²) in [6.45, 7) is 20.8. The van der Waals surface area contributed by atoms with Crippen molar-refractivity contribution in [2.45, 2.75) is 163 Å². The number of benzene rings is 1. The lowest BCUT2D eigenvalue weighted by Crippen LogP contribution is -2.54. The van der Waals surface area contributed by atoms with E-state index in [9.17, 15) is 33.9 Å². The van der Waals surface area contributed by atoms with Crippen LogP contribution in [0.4, 0.5) is 4.79 Å². The zero-order chi connectivity index (χ0) is 48.5. The number of carbonyl (C=O) groups excluding carboxylic acids is 5. The first-order valence-corrected chi connectivity index (χ1v) is 23.6. The molecular weight excluding hydrogens is 817 g/mol. The van der Waals surface area contributed by atoms with Gasteiger partial charge in [0.2, 0.25) is 11.8 Å². The molecule has 364 valence electrons. The number of rotatable bonds is 28. The van der Waals surface area contributed by atoms with Gasteiger partial charge in [0, 0.05) is 66.1 Å². The molecule has 1 aliphatic heterocycles. The van der Waals surface area contributed by atoms with Crippen LogP contribution in [0.5, 0.6) is 0 Å². The van der Waals surface area contributed by atoms with Crippen molar-refractivity contribution in [3.63, 3.8) is 0 Å². The monoisotopic (exact) mass is 901 g/mol. The number of amides is 3. The summed E-state index contributed by atoms with van der Waals surface area (Å²) in [4.78, 5) is 86.1. The number of nitrogens with one attached hydrogen (secondary N) is 1. The van der Waals surface area contributed by atoms with E-state index in [4.69, 9.17) is 14.2 Å². The Morgan fingerprint density at radius 3 is 2.05 bits per heavy atom. The van der Waals surface area contributed by atoms with Gasteiger partial charge in [0.05, 0.1) is 42.7 Å². The first-order chi connectivity index (χ1) is 30.0. The number of carboxylic acid groups (broad SMARTS) is 1. The predicted molar refractivity (Wildman–Crippen MR) is 250 cm³/mol. The summed E-state index contributed by atoms with van der Waals surface area (Å²) in [5, 5.41) is 13.4. The number of nitrogens with zero attached hydrogens (tertiary/aromatic N) is 3. The van der Waals surface area contributed by atoms with E-state index in [1.165, 1.54) is 7.11 Å². The first kappa shape index (κ1) is 56.2. The molecule has 14 heteroatoms. The van der Waals surface area contributed by atoms with Gasteiger partial charge >= 0.3 is 12.1 Å². The number of hydrogen-bond donors (Lipinski definition) is 2. The maximum absolute atomic E-state index is 14.6. The Hall–Kier alpha value is -3.88. The molecule has 0 radical (unpaired) electrons. The average molecular weight is 901 g/mol. The summed E-state index contributed by atoms with van der Waals surface area (Å²) in [5.74, 6) is -3.98. The van der Waals surface area contributed by atoms with Crippen LogP contribution in [0.2, 0.25) is 0 Å². The standard InChI is InChI=1S/C50H84N4O10/c1-15-34(6)45(53(12)47(58)38(32(2)3)30-41(56)44(33(4)5)51-25-19-20-26-52(11)49(61)64-50(8,9)10)42(62-13)31-43(57)54-27-21-24-39(54)46(63-14)35(7)40(55)29-37(48(59)60)28-36-22-17-16-18-23-36/h16-18,22-23,32-35,37-39,42,44-46,51H,15,19-21,24-31H2,1-14H3,(H,59,60)/t34-,35-,37+,38-,39-,42+,44-,45-,46+/m0/s1. The van der Waals surface area contributed by atoms with E-state index >= 15 is 0 Å². The van der Waals surface area contributed by atoms with Crippen LogP contribution in [0.3, 0.4) is 0 Å². The van der Waals surface area contributed by atoms with Crippen LogP contribution in [0.15, 0.2) is 30.3 Å². The number of hydrogen-bond acceptors (Lipinski definition) is 10. The van der Waals surface area contributed by atoms with Crippen molar-refractivity contribution < 1.29 is 48.1 Å². The third-order valence-electron chi connectivity index (χ3n) is 13.0. The summed E-state index contributed by atoms with van der Waals surface area (Å²) >= 11 is 0. The Kier molecular flexibility index (Phi) is 23.7. The lowest BCUT2D eigenvalue weighted by atomic mass is 9.83. The van der Waals surface area contributed by atoms with Gasteiger partial charge in [0.1, 0.15) is 11.4 Å². The predicted octanol–water partition coefficient (Wildman–Crippen LogP) is 7.30. The van der Waals surface area contributed by atoms with E-state index in [1.807, 2.05) is 92.6 Å². The van der Waals surface area contributed by atoms with E-state index in [2.05, 4.69) is 5.32 Å². The van der Waals surface area contributed by atoms with E-state index < -0.39 is 59.7 Å². The molecule has 0 aliphatic carbocycles. The van der Waals surface area contributed by atoms with Gasteiger partial charge in [-0.25, -0.2) is 4.79 Å². The minimum absolute atomic E-state index is 0.00522. The second-order valence-electron chi connectivity index (χ2n) is 19.8. The molecule has 1 heterocycles. The van der Waals surface area contributed by atoms with Crippen molar-refractivity contribution in [1.29, 1.82) is 0 Å². The van der Waals surface area contributed by atoms with Crippen molar-refractivity contribution in [2.75, 3.05) is 47.9 Å². The molecule has 0 bridgehead atoms. The molecule has 2 N–H and O–H groups in total. The van der Waals surface area contributed by atoms with Crippen molar-refractivity contribution in [3.05, 3.63) is 35.9 Å². The number of Topliss-reactive ketones (excluding diaryl/α,β-unsaturated/α-hetero) is 2. The van der Waals surface area contributed by atoms with Gasteiger partial charge in [-0.05, 0) is 82.7 Å². The van der Waals surface area contributed by atoms with Crippen molar-refractivity contribution in [3.8, 4) is 0 Å². The van der Waals surface area contributed by atoms with E-state index in [-0.39, 0.29) is 72.9 Å². The smallest absolute Gasteiger partial charge is 0.410 e. The minimum atomic E-state index is -1.03. The van der Waals surface area contributed by atoms with Crippen molar-refractivity contribution >= 4 is 35.4 Å². The van der Waals surface area contributed by atoms with Gasteiger partial charge in [0.15, 0.2) is 5.78 Å². The molecule has 0 aromatic heterocycles. The Morgan fingerprint density at radius 2 is 1.52 bits per heavy atom. The van der Waals surface area contributed by atoms with E-state index in [0.29, 0.717) is 32.5 Å². The fourth-order valence-electron chi connectivity index (χ4n) is 9.01. The third kappa shape index (κ3) is 17.2. The molecule has 0 unspecified atom stereocenters. The lowest BCUT2D eigenvalue weighted by molar-refractivity contribution is -0.149. The number of likely N-dealkylation sites (N-methyl/N-ethyl adjacent to an activating group) is 1. The highest BCUT2D eigenvalue weighted by molar-refractivity contribution is 5.90. The number of aliphatic carboxylic acids is 1. The SMILES string of the molecule is CC[C@H](C)[C@@H]([C@@H](CC(=O)N1CCC[C@H]1[C@H](OC)[C@@H](C)C(=O)C[C@@H](Cc1ccccc1)C(=O)O)OC)N(C)C(=O)[C@@H](CC(=O)[C@@H](NCCCCN(C)C(=O)OC(C)(C)C)C(C)C)C(C)C. The largest absolute Gasteiger partial charge is 0.481 e. The summed E-state index contributed by atoms with van der Waals surface area (Å²) in [6.07, 6.45) is 2.01. The Labute approximate surface area is 384 Å². The third-order valence-corrected chi connectivity index (χ3v) is 13.0. The summed E-state index contributed by atoms with van der Waals surface area (Å²) in [5.41, 5.74) is 0.272. The van der Waals surface area contributed by atoms with Gasteiger partial charge in [-0.3, -0.25) is 24.0 Å². The zero-order valence-electron chi connectivity index (χ0n) is 41.7. The van der Waals surface area contributed by atoms with Crippen LogP contribution < -0.4 is 5.32 Å². The number of ketones is 2. The molecule has 1 aliphatic rings. The van der Waals surface area contributed by atoms with Gasteiger partial charge < -0.3 is 39.3 Å². The molecule has 1 saturated heterocycles. The number of carbonyl (C=O) groups is 6. The Morgan fingerprint density at radius 1 is 0.875 bits per heavy atom. The first-order valence-electron chi connectivity index (χ1n) is 23.6. The van der Waals surface area contributed by atoms with Crippen LogP contribution in [-0.4, -0.2) is 139 Å². The second kappa shape index (κ2) is 26.9. The molecule has 3 amide bonds. The van der Waals surface area contributed by atoms with E-state index in [1.54, 1.807) is 42.8 Å². The molecule has 64 heavy (non-hydrogen) atoms. The van der Waals surface area contributed by atoms with Gasteiger partial charge in [0.25, 0.3) is 0 Å². The van der Waals surface area contributed by atoms with E-state index in [0.717, 1.165) is 24.8 Å². The number of carboxylic acids is 1. The van der Waals surface area contributed by atoms with Crippen LogP contribution in [0, 0.1) is 35.5 Å². The molecule has 0 spiro atoms. The second-order valence-corrected chi connectivity index (χ2v) is 19.8. The molecule has 0 saturated carbocycles. The molecule has 2 rings (SSSR count). The molecule has 1 fully saturated rings. The highest BCUT2D eigenvalue weighted by atomic mass is 16.6. The number of ether oxygens (including phenoxy) is 3. The fraction of sp³-hybridized carbons (Fsp3) is 0.760. The van der Waals surface area contributed by atoms with Crippen LogP contribution >= 0.6 is 0 Å². The van der Waals surface area contributed by atoms with Gasteiger partial charge in [-0.1, -0.05) is 85.2 Å².